The minimum absolute atomic E-state index is 0.172. The Labute approximate surface area is 186 Å². The van der Waals surface area contributed by atoms with Crippen LogP contribution in [0.15, 0.2) is 24.4 Å². The summed E-state index contributed by atoms with van der Waals surface area (Å²) in [5.41, 5.74) is 1.73. The molecule has 2 amide bonds. The topological polar surface area (TPSA) is 83.8 Å². The van der Waals surface area contributed by atoms with E-state index < -0.39 is 11.9 Å². The molecule has 32 heavy (non-hydrogen) atoms. The lowest BCUT2D eigenvalue weighted by atomic mass is 10.2. The average Bonchev–Trinajstić information content (AvgIpc) is 3.36. The number of anilines is 2. The van der Waals surface area contributed by atoms with E-state index in [0.717, 1.165) is 18.5 Å². The number of benzene rings is 1. The predicted molar refractivity (Wildman–Crippen MR) is 117 cm³/mol. The molecule has 2 aliphatic rings. The van der Waals surface area contributed by atoms with E-state index >= 15 is 0 Å². The highest BCUT2D eigenvalue weighted by atomic mass is 19.1. The molecular formula is C22H29FN6O3. The molecule has 9 nitrogen and oxygen atoms in total. The molecule has 172 valence electrons. The smallest absolute Gasteiger partial charge is 0.414 e. The zero-order valence-electron chi connectivity index (χ0n) is 18.5. The molecule has 2 fully saturated rings. The summed E-state index contributed by atoms with van der Waals surface area (Å²) in [6, 6.07) is 4.80. The molecular weight excluding hydrogens is 415 g/mol. The Hall–Kier alpha value is -3.17. The second-order valence-electron chi connectivity index (χ2n) is 8.31. The molecule has 1 aromatic heterocycles. The Morgan fingerprint density at radius 1 is 1.25 bits per heavy atom. The Balaban J connectivity index is 1.36. The van der Waals surface area contributed by atoms with Crippen molar-refractivity contribution >= 4 is 23.4 Å². The van der Waals surface area contributed by atoms with E-state index in [1.54, 1.807) is 23.0 Å². The maximum absolute atomic E-state index is 15.0. The van der Waals surface area contributed by atoms with Crippen molar-refractivity contribution in [2.24, 2.45) is 0 Å². The molecule has 0 unspecified atom stereocenters. The molecule has 0 spiro atoms. The number of rotatable bonds is 7. The van der Waals surface area contributed by atoms with Crippen molar-refractivity contribution in [1.29, 1.82) is 0 Å². The zero-order chi connectivity index (χ0) is 22.7. The number of aryl methyl sites for hydroxylation is 1. The Kier molecular flexibility index (Phi) is 6.57. The number of unbranched alkanes of at least 4 members (excludes halogenated alkanes) is 1. The number of aromatic nitrogens is 3. The van der Waals surface area contributed by atoms with E-state index in [2.05, 4.69) is 17.2 Å². The van der Waals surface area contributed by atoms with Crippen LogP contribution >= 0.6 is 0 Å². The summed E-state index contributed by atoms with van der Waals surface area (Å²) >= 11 is 0. The first-order valence-corrected chi connectivity index (χ1v) is 11.1. The summed E-state index contributed by atoms with van der Waals surface area (Å²) < 4.78 is 22.0. The van der Waals surface area contributed by atoms with E-state index in [1.165, 1.54) is 11.0 Å². The van der Waals surface area contributed by atoms with Crippen LogP contribution in [-0.4, -0.2) is 70.7 Å². The Morgan fingerprint density at radius 3 is 2.69 bits per heavy atom. The molecule has 0 saturated carbocycles. The van der Waals surface area contributed by atoms with Crippen LogP contribution < -0.4 is 9.80 Å². The largest absolute Gasteiger partial charge is 0.442 e. The van der Waals surface area contributed by atoms with Crippen molar-refractivity contribution < 1.29 is 18.7 Å². The van der Waals surface area contributed by atoms with Crippen molar-refractivity contribution in [1.82, 2.24) is 19.9 Å². The van der Waals surface area contributed by atoms with Crippen LogP contribution in [0.1, 0.15) is 31.9 Å². The van der Waals surface area contributed by atoms with Gasteiger partial charge in [-0.2, -0.15) is 0 Å². The third kappa shape index (κ3) is 4.84. The summed E-state index contributed by atoms with van der Waals surface area (Å²) in [5, 5.41) is 7.91. The van der Waals surface area contributed by atoms with Crippen LogP contribution in [0.3, 0.4) is 0 Å². The maximum Gasteiger partial charge on any atom is 0.414 e. The molecule has 0 radical (unpaired) electrons. The van der Waals surface area contributed by atoms with Crippen molar-refractivity contribution in [3.8, 4) is 0 Å². The van der Waals surface area contributed by atoms with Crippen molar-refractivity contribution in [2.75, 3.05) is 42.5 Å². The number of amides is 2. The van der Waals surface area contributed by atoms with Gasteiger partial charge in [0.1, 0.15) is 11.9 Å². The fourth-order valence-corrected chi connectivity index (χ4v) is 4.12. The number of carbonyl (C=O) groups excluding carboxylic acids is 2. The number of ether oxygens (including phenoxy) is 1. The monoisotopic (exact) mass is 444 g/mol. The quantitative estimate of drug-likeness (QED) is 0.653. The fourth-order valence-electron chi connectivity index (χ4n) is 4.12. The van der Waals surface area contributed by atoms with E-state index in [4.69, 9.17) is 4.74 Å². The van der Waals surface area contributed by atoms with E-state index in [1.807, 2.05) is 16.7 Å². The van der Waals surface area contributed by atoms with Crippen LogP contribution in [0.4, 0.5) is 20.6 Å². The van der Waals surface area contributed by atoms with Gasteiger partial charge < -0.3 is 14.5 Å². The van der Waals surface area contributed by atoms with Crippen LogP contribution in [0.25, 0.3) is 0 Å². The summed E-state index contributed by atoms with van der Waals surface area (Å²) in [6.45, 7) is 6.96. The highest BCUT2D eigenvalue weighted by Crippen LogP contribution is 2.29. The molecule has 0 bridgehead atoms. The fraction of sp³-hybridized carbons (Fsp3) is 0.545. The molecule has 1 atom stereocenters. The number of piperazine rings is 1. The van der Waals surface area contributed by atoms with E-state index in [0.29, 0.717) is 57.1 Å². The molecule has 2 aromatic rings. The number of cyclic esters (lactones) is 1. The van der Waals surface area contributed by atoms with Gasteiger partial charge in [0.15, 0.2) is 0 Å². The van der Waals surface area contributed by atoms with E-state index in [9.17, 15) is 14.0 Å². The molecule has 1 aromatic carbocycles. The number of halogens is 1. The van der Waals surface area contributed by atoms with Gasteiger partial charge in [0.05, 0.1) is 30.2 Å². The lowest BCUT2D eigenvalue weighted by Crippen LogP contribution is -2.49. The van der Waals surface area contributed by atoms with Crippen LogP contribution in [0.2, 0.25) is 0 Å². The standard InChI is InChI=1S/C22H29FN6O3/c1-3-4-5-21(30)27-10-8-26(9-11-27)20-7-6-17(12-19(20)23)29-15-18(32-22(29)31)14-28-13-16(2)24-25-28/h6-7,12-13,18H,3-5,8-11,14-15H2,1-2H3/t18-/m0/s1. The van der Waals surface area contributed by atoms with Gasteiger partial charge in [-0.3, -0.25) is 9.69 Å². The molecule has 2 saturated heterocycles. The number of nitrogens with zero attached hydrogens (tertiary/aromatic N) is 6. The highest BCUT2D eigenvalue weighted by molar-refractivity contribution is 5.90. The summed E-state index contributed by atoms with van der Waals surface area (Å²) in [5.74, 6) is -0.220. The minimum Gasteiger partial charge on any atom is -0.442 e. The highest BCUT2D eigenvalue weighted by Gasteiger charge is 2.33. The SMILES string of the molecule is CCCCC(=O)N1CCN(c2ccc(N3C[C@H](Cn4cc(C)nn4)OC3=O)cc2F)CC1. The first-order chi connectivity index (χ1) is 15.4. The number of carbonyl (C=O) groups is 2. The van der Waals surface area contributed by atoms with E-state index in [-0.39, 0.29) is 12.0 Å². The molecule has 3 heterocycles. The Bertz CT molecular complexity index is 972. The first kappa shape index (κ1) is 22.0. The number of hydrogen-bond acceptors (Lipinski definition) is 6. The van der Waals surface area contributed by atoms with Gasteiger partial charge in [0.25, 0.3) is 0 Å². The van der Waals surface area contributed by atoms with Gasteiger partial charge in [0.2, 0.25) is 5.91 Å². The van der Waals surface area contributed by atoms with Gasteiger partial charge in [-0.25, -0.2) is 13.9 Å². The van der Waals surface area contributed by atoms with Crippen molar-refractivity contribution in [3.05, 3.63) is 35.9 Å². The second kappa shape index (κ2) is 9.54. The third-order valence-electron chi connectivity index (χ3n) is 5.88. The maximum atomic E-state index is 15.0. The number of hydrogen-bond donors (Lipinski definition) is 0. The summed E-state index contributed by atoms with van der Waals surface area (Å²) in [6.07, 6.45) is 3.36. The average molecular weight is 445 g/mol. The lowest BCUT2D eigenvalue weighted by Gasteiger charge is -2.36. The second-order valence-corrected chi connectivity index (χ2v) is 8.31. The summed E-state index contributed by atoms with van der Waals surface area (Å²) in [7, 11) is 0. The van der Waals surface area contributed by atoms with Gasteiger partial charge >= 0.3 is 6.09 Å². The van der Waals surface area contributed by atoms with Crippen LogP contribution in [-0.2, 0) is 16.1 Å². The van der Waals surface area contributed by atoms with Crippen LogP contribution in [0, 0.1) is 12.7 Å². The molecule has 0 N–H and O–H groups in total. The normalized spacial score (nSPS) is 18.9. The lowest BCUT2D eigenvalue weighted by molar-refractivity contribution is -0.131. The molecule has 2 aliphatic heterocycles. The van der Waals surface area contributed by atoms with Gasteiger partial charge in [-0.05, 0) is 31.5 Å². The molecule has 4 rings (SSSR count). The minimum atomic E-state index is -0.502. The van der Waals surface area contributed by atoms with Gasteiger partial charge in [-0.1, -0.05) is 18.6 Å². The summed E-state index contributed by atoms with van der Waals surface area (Å²) in [4.78, 5) is 29.8. The van der Waals surface area contributed by atoms with Crippen LogP contribution in [0.5, 0.6) is 0 Å². The molecule has 10 heteroatoms. The Morgan fingerprint density at radius 2 is 2.03 bits per heavy atom. The third-order valence-corrected chi connectivity index (χ3v) is 5.88. The predicted octanol–water partition coefficient (Wildman–Crippen LogP) is 2.59. The van der Waals surface area contributed by atoms with Gasteiger partial charge in [0, 0.05) is 38.8 Å². The molecule has 0 aliphatic carbocycles. The zero-order valence-corrected chi connectivity index (χ0v) is 18.5. The van der Waals surface area contributed by atoms with Gasteiger partial charge in [-0.15, -0.1) is 5.10 Å². The van der Waals surface area contributed by atoms with Crippen molar-refractivity contribution in [3.63, 3.8) is 0 Å². The first-order valence-electron chi connectivity index (χ1n) is 11.1. The van der Waals surface area contributed by atoms with Crippen molar-refractivity contribution in [2.45, 2.75) is 45.8 Å².